The molecule has 1 aromatic heterocycles. The minimum absolute atomic E-state index is 0.766. The summed E-state index contributed by atoms with van der Waals surface area (Å²) in [5, 5.41) is 0. The highest BCUT2D eigenvalue weighted by molar-refractivity contribution is 9.10. The van der Waals surface area contributed by atoms with Crippen LogP contribution >= 0.6 is 15.9 Å². The van der Waals surface area contributed by atoms with E-state index in [1.807, 2.05) is 24.3 Å². The molecule has 1 aromatic carbocycles. The van der Waals surface area contributed by atoms with Crippen molar-refractivity contribution >= 4 is 15.9 Å². The molecule has 3 nitrogen and oxygen atoms in total. The summed E-state index contributed by atoms with van der Waals surface area (Å²) in [6, 6.07) is 7.77. The fourth-order valence-corrected chi connectivity index (χ4v) is 1.77. The first-order chi connectivity index (χ1) is 7.33. The van der Waals surface area contributed by atoms with E-state index in [-0.39, 0.29) is 0 Å². The van der Waals surface area contributed by atoms with Gasteiger partial charge in [0.2, 0.25) is 0 Å². The quantitative estimate of drug-likeness (QED) is 0.783. The van der Waals surface area contributed by atoms with E-state index < -0.39 is 0 Å². The van der Waals surface area contributed by atoms with Gasteiger partial charge < -0.3 is 4.74 Å². The van der Waals surface area contributed by atoms with Crippen LogP contribution in [0.3, 0.4) is 0 Å². The summed E-state index contributed by atoms with van der Waals surface area (Å²) in [6.45, 7) is 0. The molecule has 76 valence electrons. The van der Waals surface area contributed by atoms with Crippen LogP contribution in [0.2, 0.25) is 0 Å². The third-order valence-corrected chi connectivity index (χ3v) is 2.69. The number of hydrogen-bond donors (Lipinski definition) is 0. The van der Waals surface area contributed by atoms with E-state index >= 15 is 0 Å². The fourth-order valence-electron chi connectivity index (χ4n) is 1.36. The molecule has 2 rings (SSSR count). The van der Waals surface area contributed by atoms with Crippen molar-refractivity contribution in [2.45, 2.75) is 0 Å². The highest BCUT2D eigenvalue weighted by atomic mass is 79.9. The summed E-state index contributed by atoms with van der Waals surface area (Å²) in [6.07, 6.45) is 3.26. The maximum absolute atomic E-state index is 5.28. The zero-order chi connectivity index (χ0) is 10.7. The number of ether oxygens (including phenoxy) is 1. The molecule has 1 heterocycles. The van der Waals surface area contributed by atoms with Crippen molar-refractivity contribution in [2.75, 3.05) is 7.11 Å². The van der Waals surface area contributed by atoms with Crippen LogP contribution in [0.15, 0.2) is 41.4 Å². The summed E-state index contributed by atoms with van der Waals surface area (Å²) in [4.78, 5) is 8.08. The smallest absolute Gasteiger partial charge is 0.126 e. The van der Waals surface area contributed by atoms with Crippen LogP contribution in [0, 0.1) is 0 Å². The van der Waals surface area contributed by atoms with Crippen LogP contribution in [-0.4, -0.2) is 17.1 Å². The first-order valence-electron chi connectivity index (χ1n) is 4.42. The van der Waals surface area contributed by atoms with Gasteiger partial charge in [-0.2, -0.15) is 0 Å². The van der Waals surface area contributed by atoms with Crippen LogP contribution in [0.25, 0.3) is 11.1 Å². The Morgan fingerprint density at radius 1 is 1.20 bits per heavy atom. The Morgan fingerprint density at radius 2 is 2.00 bits per heavy atom. The highest BCUT2D eigenvalue weighted by Crippen LogP contribution is 2.32. The molecule has 0 saturated heterocycles. The van der Waals surface area contributed by atoms with E-state index in [9.17, 15) is 0 Å². The molecule has 0 fully saturated rings. The Bertz CT molecular complexity index is 474. The van der Waals surface area contributed by atoms with Gasteiger partial charge in [0.25, 0.3) is 0 Å². The predicted octanol–water partition coefficient (Wildman–Crippen LogP) is 2.91. The molecule has 0 bridgehead atoms. The van der Waals surface area contributed by atoms with E-state index in [2.05, 4.69) is 25.9 Å². The molecule has 0 atom stereocenters. The largest absolute Gasteiger partial charge is 0.496 e. The Kier molecular flexibility index (Phi) is 2.97. The minimum Gasteiger partial charge on any atom is -0.496 e. The Balaban J connectivity index is 2.59. The number of nitrogens with zero attached hydrogens (tertiary/aromatic N) is 2. The molecule has 0 saturated carbocycles. The Morgan fingerprint density at radius 3 is 2.73 bits per heavy atom. The molecule has 0 aliphatic carbocycles. The van der Waals surface area contributed by atoms with Crippen molar-refractivity contribution in [1.29, 1.82) is 0 Å². The summed E-state index contributed by atoms with van der Waals surface area (Å²) in [5.74, 6) is 0.813. The number of rotatable bonds is 2. The average Bonchev–Trinajstić information content (AvgIpc) is 2.30. The van der Waals surface area contributed by atoms with E-state index in [4.69, 9.17) is 4.74 Å². The lowest BCUT2D eigenvalue weighted by molar-refractivity contribution is 0.416. The van der Waals surface area contributed by atoms with Gasteiger partial charge in [-0.05, 0) is 22.0 Å². The number of halogens is 1. The second kappa shape index (κ2) is 4.40. The summed E-state index contributed by atoms with van der Waals surface area (Å²) < 4.78 is 6.04. The molecule has 0 aliphatic rings. The first kappa shape index (κ1) is 10.1. The van der Waals surface area contributed by atoms with Crippen molar-refractivity contribution in [3.8, 4) is 16.9 Å². The average molecular weight is 265 g/mol. The molecule has 2 aromatic rings. The molecule has 0 unspecified atom stereocenters. The standard InChI is InChI=1S/C11H9BrN2O/c1-15-10-5-3-2-4-8(10)9-6-13-7-14-11(9)12/h2-7H,1H3. The van der Waals surface area contributed by atoms with Crippen molar-refractivity contribution in [3.63, 3.8) is 0 Å². The van der Waals surface area contributed by atoms with E-state index in [1.54, 1.807) is 13.3 Å². The van der Waals surface area contributed by atoms with Gasteiger partial charge in [0, 0.05) is 17.3 Å². The predicted molar refractivity (Wildman–Crippen MR) is 61.7 cm³/mol. The zero-order valence-corrected chi connectivity index (χ0v) is 9.73. The van der Waals surface area contributed by atoms with E-state index in [1.165, 1.54) is 6.33 Å². The Hall–Kier alpha value is -1.42. The SMILES string of the molecule is COc1ccccc1-c1cncnc1Br. The van der Waals surface area contributed by atoms with Gasteiger partial charge in [0.1, 0.15) is 16.7 Å². The number of hydrogen-bond acceptors (Lipinski definition) is 3. The Labute approximate surface area is 96.3 Å². The molecule has 0 amide bonds. The summed E-state index contributed by atoms with van der Waals surface area (Å²) in [7, 11) is 1.65. The van der Waals surface area contributed by atoms with Gasteiger partial charge in [-0.1, -0.05) is 18.2 Å². The van der Waals surface area contributed by atoms with Crippen molar-refractivity contribution in [2.24, 2.45) is 0 Å². The van der Waals surface area contributed by atoms with Crippen molar-refractivity contribution in [3.05, 3.63) is 41.4 Å². The van der Waals surface area contributed by atoms with Crippen molar-refractivity contribution in [1.82, 2.24) is 9.97 Å². The lowest BCUT2D eigenvalue weighted by atomic mass is 10.1. The van der Waals surface area contributed by atoms with Gasteiger partial charge in [-0.3, -0.25) is 0 Å². The number of methoxy groups -OCH3 is 1. The van der Waals surface area contributed by atoms with Gasteiger partial charge in [0.15, 0.2) is 0 Å². The molecule has 15 heavy (non-hydrogen) atoms. The molecular weight excluding hydrogens is 256 g/mol. The number of benzene rings is 1. The van der Waals surface area contributed by atoms with Gasteiger partial charge in [0.05, 0.1) is 7.11 Å². The van der Waals surface area contributed by atoms with Gasteiger partial charge >= 0.3 is 0 Å². The number of para-hydroxylation sites is 1. The molecule has 0 spiro atoms. The highest BCUT2D eigenvalue weighted by Gasteiger charge is 2.08. The fraction of sp³-hybridized carbons (Fsp3) is 0.0909. The zero-order valence-electron chi connectivity index (χ0n) is 8.14. The number of aromatic nitrogens is 2. The normalized spacial score (nSPS) is 10.0. The topological polar surface area (TPSA) is 35.0 Å². The monoisotopic (exact) mass is 264 g/mol. The lowest BCUT2D eigenvalue weighted by Gasteiger charge is -2.08. The van der Waals surface area contributed by atoms with E-state index in [0.29, 0.717) is 0 Å². The second-order valence-corrected chi connectivity index (χ2v) is 3.68. The third-order valence-electron chi connectivity index (χ3n) is 2.06. The maximum Gasteiger partial charge on any atom is 0.126 e. The molecule has 0 N–H and O–H groups in total. The van der Waals surface area contributed by atoms with Crippen molar-refractivity contribution < 1.29 is 4.74 Å². The second-order valence-electron chi connectivity index (χ2n) is 2.93. The van der Waals surface area contributed by atoms with Crippen LogP contribution in [0.4, 0.5) is 0 Å². The molecule has 4 heteroatoms. The van der Waals surface area contributed by atoms with Crippen LogP contribution in [0.1, 0.15) is 0 Å². The van der Waals surface area contributed by atoms with Crippen LogP contribution in [-0.2, 0) is 0 Å². The van der Waals surface area contributed by atoms with Gasteiger partial charge in [-0.25, -0.2) is 9.97 Å². The summed E-state index contributed by atoms with van der Waals surface area (Å²) >= 11 is 3.39. The minimum atomic E-state index is 0.766. The van der Waals surface area contributed by atoms with Crippen LogP contribution in [0.5, 0.6) is 5.75 Å². The van der Waals surface area contributed by atoms with E-state index in [0.717, 1.165) is 21.5 Å². The molecule has 0 radical (unpaired) electrons. The van der Waals surface area contributed by atoms with Crippen LogP contribution < -0.4 is 4.74 Å². The lowest BCUT2D eigenvalue weighted by Crippen LogP contribution is -1.90. The van der Waals surface area contributed by atoms with Gasteiger partial charge in [-0.15, -0.1) is 0 Å². The molecule has 0 aliphatic heterocycles. The maximum atomic E-state index is 5.28. The first-order valence-corrected chi connectivity index (χ1v) is 5.21. The molecular formula is C11H9BrN2O. The third kappa shape index (κ3) is 1.99. The summed E-state index contributed by atoms with van der Waals surface area (Å²) in [5.41, 5.74) is 1.91.